The van der Waals surface area contributed by atoms with E-state index in [2.05, 4.69) is 5.10 Å². The van der Waals surface area contributed by atoms with E-state index in [1.165, 1.54) is 10.6 Å². The van der Waals surface area contributed by atoms with Crippen LogP contribution in [0, 0.1) is 12.8 Å². The van der Waals surface area contributed by atoms with E-state index in [1.54, 1.807) is 4.68 Å². The first-order chi connectivity index (χ1) is 12.9. The molecule has 3 aliphatic rings. The Hall–Kier alpha value is -2.03. The fourth-order valence-corrected chi connectivity index (χ4v) is 5.26. The van der Waals surface area contributed by atoms with Crippen LogP contribution in [0.15, 0.2) is 30.3 Å². The molecule has 142 valence electrons. The van der Waals surface area contributed by atoms with Gasteiger partial charge in [-0.2, -0.15) is 5.10 Å². The van der Waals surface area contributed by atoms with Gasteiger partial charge in [0.25, 0.3) is 5.91 Å². The van der Waals surface area contributed by atoms with Gasteiger partial charge in [0, 0.05) is 5.56 Å². The number of benzene rings is 1. The molecule has 2 aliphatic heterocycles. The van der Waals surface area contributed by atoms with Crippen LogP contribution >= 0.6 is 0 Å². The highest BCUT2D eigenvalue weighted by molar-refractivity contribution is 7.94. The number of amides is 1. The van der Waals surface area contributed by atoms with Crippen LogP contribution in [0.1, 0.15) is 40.6 Å². The van der Waals surface area contributed by atoms with Gasteiger partial charge >= 0.3 is 0 Å². The minimum Gasteiger partial charge on any atom is -0.598 e. The lowest BCUT2D eigenvalue weighted by Gasteiger charge is -2.45. The summed E-state index contributed by atoms with van der Waals surface area (Å²) in [7, 11) is -3.20. The molecule has 3 heterocycles. The second kappa shape index (κ2) is 5.73. The lowest BCUT2D eigenvalue weighted by atomic mass is 10.0. The Bertz CT molecular complexity index is 957. The first kappa shape index (κ1) is 17.1. The van der Waals surface area contributed by atoms with Crippen molar-refractivity contribution in [3.05, 3.63) is 47.3 Å². The summed E-state index contributed by atoms with van der Waals surface area (Å²) in [6.07, 6.45) is 3.43. The smallest absolute Gasteiger partial charge is 0.273 e. The van der Waals surface area contributed by atoms with Crippen LogP contribution in [-0.4, -0.2) is 54.8 Å². The molecular formula is C19H22N4O3S. The van der Waals surface area contributed by atoms with Crippen LogP contribution in [0.4, 0.5) is 0 Å². The number of para-hydroxylation sites is 1. The molecule has 1 aromatic carbocycles. The zero-order valence-corrected chi connectivity index (χ0v) is 16.2. The molecule has 7 nitrogen and oxygen atoms in total. The summed E-state index contributed by atoms with van der Waals surface area (Å²) >= 11 is 0. The summed E-state index contributed by atoms with van der Waals surface area (Å²) in [5.41, 5.74) is 3.44. The molecule has 0 radical (unpaired) electrons. The maximum atomic E-state index is 13.4. The minimum absolute atomic E-state index is 0.0236. The van der Waals surface area contributed by atoms with E-state index in [1.807, 2.05) is 42.2 Å². The third kappa shape index (κ3) is 2.58. The predicted molar refractivity (Wildman–Crippen MR) is 100 cm³/mol. The van der Waals surface area contributed by atoms with Gasteiger partial charge in [-0.25, -0.2) is 4.68 Å². The highest BCUT2D eigenvalue weighted by atomic mass is 32.3. The Balaban J connectivity index is 1.54. The summed E-state index contributed by atoms with van der Waals surface area (Å²) in [5.74, 6) is 0.430. The van der Waals surface area contributed by atoms with Crippen molar-refractivity contribution in [2.75, 3.05) is 19.3 Å². The Kier molecular flexibility index (Phi) is 3.63. The first-order valence-electron chi connectivity index (χ1n) is 9.29. The molecule has 2 atom stereocenters. The van der Waals surface area contributed by atoms with Gasteiger partial charge in [-0.1, -0.05) is 22.4 Å². The number of nitrogens with zero attached hydrogens (tertiary/aromatic N) is 4. The zero-order valence-electron chi connectivity index (χ0n) is 15.4. The Morgan fingerprint density at radius 1 is 1.19 bits per heavy atom. The Labute approximate surface area is 159 Å². The minimum atomic E-state index is -3.20. The number of carbonyl (C=O) groups is 1. The molecule has 2 unspecified atom stereocenters. The van der Waals surface area contributed by atoms with Crippen LogP contribution in [0.3, 0.4) is 0 Å². The molecule has 1 amide bonds. The van der Waals surface area contributed by atoms with Crippen molar-refractivity contribution in [1.29, 1.82) is 0 Å². The van der Waals surface area contributed by atoms with E-state index < -0.39 is 10.4 Å². The van der Waals surface area contributed by atoms with Crippen molar-refractivity contribution < 1.29 is 13.6 Å². The Morgan fingerprint density at radius 3 is 2.44 bits per heavy atom. The number of carbonyl (C=O) groups excluding carboxylic acids is 1. The van der Waals surface area contributed by atoms with E-state index in [4.69, 9.17) is 0 Å². The van der Waals surface area contributed by atoms with Crippen LogP contribution < -0.4 is 0 Å². The fourth-order valence-electron chi connectivity index (χ4n) is 4.37. The number of hydrogen-bond acceptors (Lipinski definition) is 4. The zero-order chi connectivity index (χ0) is 18.9. The lowest BCUT2D eigenvalue weighted by molar-refractivity contribution is 0.0339. The van der Waals surface area contributed by atoms with Gasteiger partial charge < -0.3 is 9.45 Å². The van der Waals surface area contributed by atoms with Crippen molar-refractivity contribution in [2.24, 2.45) is 5.92 Å². The fraction of sp³-hybridized carbons (Fsp3) is 0.474. The van der Waals surface area contributed by atoms with Crippen molar-refractivity contribution in [3.8, 4) is 5.69 Å². The van der Waals surface area contributed by atoms with Gasteiger partial charge in [0.2, 0.25) is 0 Å². The van der Waals surface area contributed by atoms with Gasteiger partial charge in [0.15, 0.2) is 0 Å². The number of aryl methyl sites for hydroxylation is 1. The molecule has 0 N–H and O–H groups in total. The second-order valence-electron chi connectivity index (χ2n) is 7.82. The molecule has 2 aromatic rings. The van der Waals surface area contributed by atoms with Gasteiger partial charge in [0.1, 0.15) is 22.3 Å². The van der Waals surface area contributed by atoms with Crippen LogP contribution in [0.2, 0.25) is 0 Å². The van der Waals surface area contributed by atoms with E-state index >= 15 is 0 Å². The molecule has 5 rings (SSSR count). The van der Waals surface area contributed by atoms with E-state index in [0.717, 1.165) is 29.8 Å². The van der Waals surface area contributed by atoms with Gasteiger partial charge in [-0.05, 0) is 37.8 Å². The third-order valence-electron chi connectivity index (χ3n) is 5.90. The standard InChI is InChI=1S/C19H22N4O3S/c1-12-16-17(13-8-9-13)22(15-10-21(11-15)27(2,25)26)19(24)18(16)23(20-12)14-6-4-3-5-7-14/h3-7,13,15,17H,8-11H2,1-2H3. The third-order valence-corrected chi connectivity index (χ3v) is 7.14. The van der Waals surface area contributed by atoms with Crippen molar-refractivity contribution in [3.63, 3.8) is 0 Å². The summed E-state index contributed by atoms with van der Waals surface area (Å²) in [5, 5.41) is 4.67. The quantitative estimate of drug-likeness (QED) is 0.752. The monoisotopic (exact) mass is 386 g/mol. The topological polar surface area (TPSA) is 81.5 Å². The number of sulfonamides is 1. The molecule has 1 saturated heterocycles. The highest BCUT2D eigenvalue weighted by Gasteiger charge is 2.54. The highest BCUT2D eigenvalue weighted by Crippen LogP contribution is 2.52. The maximum Gasteiger partial charge on any atom is 0.273 e. The lowest BCUT2D eigenvalue weighted by Crippen LogP contribution is -2.63. The number of aromatic nitrogens is 2. The van der Waals surface area contributed by atoms with Gasteiger partial charge in [-0.15, -0.1) is 4.31 Å². The first-order valence-corrected chi connectivity index (χ1v) is 11.1. The summed E-state index contributed by atoms with van der Waals surface area (Å²) in [4.78, 5) is 15.4. The Morgan fingerprint density at radius 2 is 1.85 bits per heavy atom. The van der Waals surface area contributed by atoms with E-state index in [9.17, 15) is 13.6 Å². The largest absolute Gasteiger partial charge is 0.598 e. The number of hydrogen-bond donors (Lipinski definition) is 0. The SMILES string of the molecule is Cc1nn(-c2ccccc2)c2c1C(C1CC1)N(C1CN([S+](C)(=O)[O-])C1)C2=O. The van der Waals surface area contributed by atoms with E-state index in [-0.39, 0.29) is 18.0 Å². The average molecular weight is 386 g/mol. The second-order valence-corrected chi connectivity index (χ2v) is 9.81. The molecule has 2 fully saturated rings. The van der Waals surface area contributed by atoms with Gasteiger partial charge in [0.05, 0.1) is 36.6 Å². The van der Waals surface area contributed by atoms with Crippen LogP contribution in [-0.2, 0) is 14.6 Å². The molecule has 0 bridgehead atoms. The van der Waals surface area contributed by atoms with Crippen molar-refractivity contribution in [1.82, 2.24) is 19.0 Å². The van der Waals surface area contributed by atoms with Crippen LogP contribution in [0.5, 0.6) is 0 Å². The molecule has 1 aromatic heterocycles. The van der Waals surface area contributed by atoms with E-state index in [0.29, 0.717) is 24.7 Å². The summed E-state index contributed by atoms with van der Waals surface area (Å²) in [6, 6.07) is 9.67. The van der Waals surface area contributed by atoms with Crippen molar-refractivity contribution in [2.45, 2.75) is 31.8 Å². The average Bonchev–Trinajstić information content (AvgIpc) is 3.29. The van der Waals surface area contributed by atoms with Crippen molar-refractivity contribution >= 4 is 16.3 Å². The summed E-state index contributed by atoms with van der Waals surface area (Å²) in [6.45, 7) is 2.74. The molecule has 1 aliphatic carbocycles. The van der Waals surface area contributed by atoms with Gasteiger partial charge in [-0.3, -0.25) is 4.79 Å². The summed E-state index contributed by atoms with van der Waals surface area (Å²) < 4.78 is 26.7. The normalized spacial score (nSPS) is 25.4. The predicted octanol–water partition coefficient (Wildman–Crippen LogP) is 1.95. The maximum absolute atomic E-state index is 13.4. The molecule has 8 heteroatoms. The molecule has 1 saturated carbocycles. The number of fused-ring (bicyclic) bond motifs is 1. The number of rotatable bonds is 4. The molecule has 0 spiro atoms. The molecule has 27 heavy (non-hydrogen) atoms. The molecular weight excluding hydrogens is 364 g/mol. The van der Waals surface area contributed by atoms with Crippen LogP contribution in [0.25, 0.3) is 5.69 Å².